The van der Waals surface area contributed by atoms with E-state index in [1.165, 1.54) is 16.7 Å². The summed E-state index contributed by atoms with van der Waals surface area (Å²) in [6, 6.07) is 7.97. The minimum Gasteiger partial charge on any atom is -0.294 e. The Kier molecular flexibility index (Phi) is 2.75. The number of ketones is 1. The molecule has 1 unspecified atom stereocenters. The fourth-order valence-corrected chi connectivity index (χ4v) is 3.06. The molecule has 1 aromatic carbocycles. The number of allylic oxidation sites excluding steroid dienone is 4. The number of halogens is 1. The summed E-state index contributed by atoms with van der Waals surface area (Å²) in [6.07, 6.45) is 6.93. The first-order valence-electron chi connectivity index (χ1n) is 5.89. The van der Waals surface area contributed by atoms with Gasteiger partial charge in [-0.1, -0.05) is 52.3 Å². The molecule has 1 nitrogen and oxygen atoms in total. The van der Waals surface area contributed by atoms with Crippen molar-refractivity contribution < 1.29 is 4.79 Å². The number of carbonyl (C=O) groups is 1. The van der Waals surface area contributed by atoms with Crippen LogP contribution in [0.3, 0.4) is 0 Å². The van der Waals surface area contributed by atoms with Gasteiger partial charge in [-0.3, -0.25) is 4.79 Å². The van der Waals surface area contributed by atoms with E-state index in [-0.39, 0.29) is 5.78 Å². The standard InChI is InChI=1S/C15H13BrO/c16-13-6-5-10-7-11-3-1-2-4-14(11)15(17)9-12(10)8-13/h1-5,8,13H,6-7,9H2. The number of hydrogen-bond donors (Lipinski definition) is 0. The topological polar surface area (TPSA) is 17.1 Å². The first-order chi connectivity index (χ1) is 8.24. The second kappa shape index (κ2) is 4.26. The zero-order valence-corrected chi connectivity index (χ0v) is 11.0. The summed E-state index contributed by atoms with van der Waals surface area (Å²) in [5.41, 5.74) is 4.60. The highest BCUT2D eigenvalue weighted by atomic mass is 79.9. The lowest BCUT2D eigenvalue weighted by Gasteiger charge is -2.16. The van der Waals surface area contributed by atoms with E-state index in [0.717, 1.165) is 18.4 Å². The highest BCUT2D eigenvalue weighted by Crippen LogP contribution is 2.33. The smallest absolute Gasteiger partial charge is 0.167 e. The molecule has 0 saturated carbocycles. The van der Waals surface area contributed by atoms with E-state index in [1.807, 2.05) is 18.2 Å². The molecule has 0 heterocycles. The number of carbonyl (C=O) groups excluding carboxylic acids is 1. The second-order valence-corrected chi connectivity index (χ2v) is 5.78. The third kappa shape index (κ3) is 2.02. The quantitative estimate of drug-likeness (QED) is 0.663. The number of hydrogen-bond acceptors (Lipinski definition) is 1. The van der Waals surface area contributed by atoms with Crippen LogP contribution in [-0.4, -0.2) is 10.6 Å². The van der Waals surface area contributed by atoms with Crippen molar-refractivity contribution >= 4 is 21.7 Å². The van der Waals surface area contributed by atoms with Gasteiger partial charge in [0.25, 0.3) is 0 Å². The molecular formula is C15H13BrO. The summed E-state index contributed by atoms with van der Waals surface area (Å²) in [7, 11) is 0. The Morgan fingerprint density at radius 2 is 1.94 bits per heavy atom. The van der Waals surface area contributed by atoms with Gasteiger partial charge < -0.3 is 0 Å². The van der Waals surface area contributed by atoms with Crippen LogP contribution in [0.15, 0.2) is 47.6 Å². The molecule has 1 atom stereocenters. The van der Waals surface area contributed by atoms with E-state index >= 15 is 0 Å². The van der Waals surface area contributed by atoms with E-state index in [0.29, 0.717) is 11.2 Å². The van der Waals surface area contributed by atoms with Crippen LogP contribution >= 0.6 is 15.9 Å². The molecule has 0 bridgehead atoms. The Morgan fingerprint density at radius 1 is 1.12 bits per heavy atom. The molecule has 86 valence electrons. The molecule has 0 fully saturated rings. The number of alkyl halides is 1. The monoisotopic (exact) mass is 288 g/mol. The van der Waals surface area contributed by atoms with Crippen molar-refractivity contribution in [3.63, 3.8) is 0 Å². The molecule has 1 aromatic rings. The largest absolute Gasteiger partial charge is 0.294 e. The molecule has 2 aliphatic carbocycles. The summed E-state index contributed by atoms with van der Waals surface area (Å²) in [6.45, 7) is 0. The van der Waals surface area contributed by atoms with Crippen molar-refractivity contribution in [3.05, 3.63) is 58.7 Å². The van der Waals surface area contributed by atoms with E-state index in [9.17, 15) is 4.79 Å². The van der Waals surface area contributed by atoms with Crippen molar-refractivity contribution in [2.45, 2.75) is 24.1 Å². The van der Waals surface area contributed by atoms with E-state index in [1.54, 1.807) is 0 Å². The summed E-state index contributed by atoms with van der Waals surface area (Å²) in [5, 5.41) is 0. The first kappa shape index (κ1) is 11.0. The Balaban J connectivity index is 2.08. The zero-order valence-electron chi connectivity index (χ0n) is 9.45. The van der Waals surface area contributed by atoms with E-state index in [4.69, 9.17) is 0 Å². The van der Waals surface area contributed by atoms with Gasteiger partial charge in [-0.2, -0.15) is 0 Å². The van der Waals surface area contributed by atoms with Crippen molar-refractivity contribution in [2.75, 3.05) is 0 Å². The maximum absolute atomic E-state index is 12.2. The summed E-state index contributed by atoms with van der Waals surface area (Å²) >= 11 is 3.60. The lowest BCUT2D eigenvalue weighted by molar-refractivity contribution is 0.0994. The molecular weight excluding hydrogens is 276 g/mol. The van der Waals surface area contributed by atoms with E-state index < -0.39 is 0 Å². The number of benzene rings is 1. The molecule has 17 heavy (non-hydrogen) atoms. The van der Waals surface area contributed by atoms with Crippen LogP contribution in [0.1, 0.15) is 28.8 Å². The van der Waals surface area contributed by atoms with Gasteiger partial charge in [-0.05, 0) is 29.6 Å². The Hall–Kier alpha value is -1.15. The van der Waals surface area contributed by atoms with Gasteiger partial charge in [0, 0.05) is 16.8 Å². The Labute approximate surface area is 109 Å². The number of fused-ring (bicyclic) bond motifs is 2. The summed E-state index contributed by atoms with van der Waals surface area (Å²) in [5.74, 6) is 0.247. The van der Waals surface area contributed by atoms with Gasteiger partial charge >= 0.3 is 0 Å². The minimum atomic E-state index is 0.247. The molecule has 0 aliphatic heterocycles. The third-order valence-electron chi connectivity index (χ3n) is 3.43. The molecule has 0 aromatic heterocycles. The molecule has 0 N–H and O–H groups in total. The fourth-order valence-electron chi connectivity index (χ4n) is 2.56. The van der Waals surface area contributed by atoms with Crippen molar-refractivity contribution in [1.82, 2.24) is 0 Å². The fraction of sp³-hybridized carbons (Fsp3) is 0.267. The maximum Gasteiger partial charge on any atom is 0.167 e. The highest BCUT2D eigenvalue weighted by Gasteiger charge is 2.23. The summed E-state index contributed by atoms with van der Waals surface area (Å²) in [4.78, 5) is 12.6. The van der Waals surface area contributed by atoms with E-state index in [2.05, 4.69) is 34.1 Å². The lowest BCUT2D eigenvalue weighted by Crippen LogP contribution is -2.05. The van der Waals surface area contributed by atoms with Gasteiger partial charge in [0.15, 0.2) is 5.78 Å². The van der Waals surface area contributed by atoms with Crippen LogP contribution in [0.5, 0.6) is 0 Å². The molecule has 0 amide bonds. The van der Waals surface area contributed by atoms with Gasteiger partial charge in [0.05, 0.1) is 0 Å². The molecule has 0 saturated heterocycles. The van der Waals surface area contributed by atoms with Crippen LogP contribution in [0.25, 0.3) is 0 Å². The molecule has 0 radical (unpaired) electrons. The van der Waals surface area contributed by atoms with Crippen LogP contribution in [0.4, 0.5) is 0 Å². The SMILES string of the molecule is O=C1CC2=CC(Br)CC=C2Cc2ccccc21. The first-order valence-corrected chi connectivity index (χ1v) is 6.81. The van der Waals surface area contributed by atoms with Crippen LogP contribution in [0.2, 0.25) is 0 Å². The zero-order chi connectivity index (χ0) is 11.8. The third-order valence-corrected chi connectivity index (χ3v) is 4.07. The predicted molar refractivity (Wildman–Crippen MR) is 72.6 cm³/mol. The highest BCUT2D eigenvalue weighted by molar-refractivity contribution is 9.09. The van der Waals surface area contributed by atoms with Gasteiger partial charge in [0.1, 0.15) is 0 Å². The Morgan fingerprint density at radius 3 is 2.82 bits per heavy atom. The van der Waals surface area contributed by atoms with Crippen LogP contribution in [0, 0.1) is 0 Å². The molecule has 2 heteroatoms. The lowest BCUT2D eigenvalue weighted by atomic mass is 9.93. The molecule has 0 spiro atoms. The average Bonchev–Trinajstić information content (AvgIpc) is 2.46. The van der Waals surface area contributed by atoms with Crippen molar-refractivity contribution in [1.29, 1.82) is 0 Å². The predicted octanol–water partition coefficient (Wildman–Crippen LogP) is 3.84. The minimum absolute atomic E-state index is 0.247. The van der Waals surface area contributed by atoms with Crippen molar-refractivity contribution in [2.24, 2.45) is 0 Å². The Bertz CT molecular complexity index is 540. The number of rotatable bonds is 0. The van der Waals surface area contributed by atoms with Crippen LogP contribution in [-0.2, 0) is 6.42 Å². The number of Topliss-reactive ketones (excluding diaryl/α,β-unsaturated/α-hetero) is 1. The maximum atomic E-state index is 12.2. The van der Waals surface area contributed by atoms with Gasteiger partial charge in [-0.25, -0.2) is 0 Å². The van der Waals surface area contributed by atoms with Gasteiger partial charge in [0.2, 0.25) is 0 Å². The molecule has 2 aliphatic rings. The normalized spacial score (nSPS) is 23.1. The van der Waals surface area contributed by atoms with Gasteiger partial charge in [-0.15, -0.1) is 0 Å². The average molecular weight is 289 g/mol. The molecule has 3 rings (SSSR count). The second-order valence-electron chi connectivity index (χ2n) is 4.61. The van der Waals surface area contributed by atoms with Crippen LogP contribution < -0.4 is 0 Å². The summed E-state index contributed by atoms with van der Waals surface area (Å²) < 4.78 is 0. The van der Waals surface area contributed by atoms with Crippen molar-refractivity contribution in [3.8, 4) is 0 Å².